The van der Waals surface area contributed by atoms with Crippen LogP contribution in [0.4, 0.5) is 5.69 Å². The quantitative estimate of drug-likeness (QED) is 0.853. The fourth-order valence-electron chi connectivity index (χ4n) is 3.08. The van der Waals surface area contributed by atoms with E-state index in [1.165, 1.54) is 5.56 Å². The number of aromatic nitrogens is 2. The van der Waals surface area contributed by atoms with E-state index in [0.717, 1.165) is 31.6 Å². The zero-order valence-electron chi connectivity index (χ0n) is 15.2. The van der Waals surface area contributed by atoms with Crippen LogP contribution in [0.25, 0.3) is 0 Å². The van der Waals surface area contributed by atoms with Gasteiger partial charge in [0.1, 0.15) is 0 Å². The van der Waals surface area contributed by atoms with Gasteiger partial charge in [-0.25, -0.2) is 0 Å². The van der Waals surface area contributed by atoms with Gasteiger partial charge in [-0.2, -0.15) is 5.10 Å². The molecule has 2 aromatic rings. The van der Waals surface area contributed by atoms with Crippen molar-refractivity contribution in [2.24, 2.45) is 7.05 Å². The van der Waals surface area contributed by atoms with Gasteiger partial charge in [-0.15, -0.1) is 0 Å². The molecule has 26 heavy (non-hydrogen) atoms. The number of aryl methyl sites for hydroxylation is 2. The summed E-state index contributed by atoms with van der Waals surface area (Å²) in [5, 5.41) is 9.99. The van der Waals surface area contributed by atoms with E-state index in [2.05, 4.69) is 20.6 Å². The molecule has 1 aromatic carbocycles. The van der Waals surface area contributed by atoms with Crippen LogP contribution < -0.4 is 10.6 Å². The van der Waals surface area contributed by atoms with Gasteiger partial charge in [0, 0.05) is 38.1 Å². The van der Waals surface area contributed by atoms with Crippen LogP contribution in [0.15, 0.2) is 36.7 Å². The molecule has 1 fully saturated rings. The van der Waals surface area contributed by atoms with Gasteiger partial charge in [0.15, 0.2) is 0 Å². The molecule has 3 rings (SSSR count). The molecule has 0 spiro atoms. The third-order valence-corrected chi connectivity index (χ3v) is 4.59. The van der Waals surface area contributed by atoms with E-state index < -0.39 is 0 Å². The van der Waals surface area contributed by atoms with Crippen LogP contribution in [0.3, 0.4) is 0 Å². The molecule has 0 radical (unpaired) electrons. The molecule has 0 unspecified atom stereocenters. The van der Waals surface area contributed by atoms with Crippen molar-refractivity contribution in [3.05, 3.63) is 47.8 Å². The van der Waals surface area contributed by atoms with Crippen LogP contribution in [0.5, 0.6) is 0 Å². The minimum absolute atomic E-state index is 0.00769. The first-order valence-electron chi connectivity index (χ1n) is 8.88. The predicted molar refractivity (Wildman–Crippen MR) is 99.9 cm³/mol. The molecule has 1 aliphatic rings. The van der Waals surface area contributed by atoms with Crippen LogP contribution in [-0.4, -0.2) is 52.2 Å². The number of anilines is 1. The zero-order chi connectivity index (χ0) is 18.5. The van der Waals surface area contributed by atoms with Gasteiger partial charge < -0.3 is 10.6 Å². The predicted octanol–water partition coefficient (Wildman–Crippen LogP) is 1.56. The van der Waals surface area contributed by atoms with E-state index in [1.807, 2.05) is 31.2 Å². The molecule has 1 aromatic heterocycles. The molecular weight excluding hydrogens is 330 g/mol. The minimum atomic E-state index is -0.0892. The lowest BCUT2D eigenvalue weighted by Crippen LogP contribution is -2.46. The van der Waals surface area contributed by atoms with Crippen molar-refractivity contribution >= 4 is 17.5 Å². The van der Waals surface area contributed by atoms with Crippen molar-refractivity contribution in [2.75, 3.05) is 25.0 Å². The average Bonchev–Trinajstić information content (AvgIpc) is 3.05. The van der Waals surface area contributed by atoms with Crippen molar-refractivity contribution in [3.63, 3.8) is 0 Å². The Morgan fingerprint density at radius 1 is 1.19 bits per heavy atom. The van der Waals surface area contributed by atoms with Gasteiger partial charge in [0.2, 0.25) is 5.91 Å². The van der Waals surface area contributed by atoms with Crippen LogP contribution >= 0.6 is 0 Å². The summed E-state index contributed by atoms with van der Waals surface area (Å²) >= 11 is 0. The van der Waals surface area contributed by atoms with Gasteiger partial charge in [0.25, 0.3) is 5.91 Å². The van der Waals surface area contributed by atoms with E-state index in [0.29, 0.717) is 12.1 Å². The number of hydrogen-bond donors (Lipinski definition) is 2. The van der Waals surface area contributed by atoms with Crippen molar-refractivity contribution in [3.8, 4) is 0 Å². The summed E-state index contributed by atoms with van der Waals surface area (Å²) in [6.07, 6.45) is 4.95. The Morgan fingerprint density at radius 2 is 1.88 bits per heavy atom. The van der Waals surface area contributed by atoms with E-state index >= 15 is 0 Å². The van der Waals surface area contributed by atoms with Crippen molar-refractivity contribution < 1.29 is 9.59 Å². The summed E-state index contributed by atoms with van der Waals surface area (Å²) in [4.78, 5) is 26.5. The van der Waals surface area contributed by atoms with E-state index in [-0.39, 0.29) is 17.9 Å². The van der Waals surface area contributed by atoms with Gasteiger partial charge in [-0.05, 0) is 31.9 Å². The molecule has 2 amide bonds. The fraction of sp³-hybridized carbons (Fsp3) is 0.421. The van der Waals surface area contributed by atoms with Crippen LogP contribution in [0.2, 0.25) is 0 Å². The number of nitrogens with one attached hydrogen (secondary N) is 2. The maximum atomic E-state index is 12.2. The lowest BCUT2D eigenvalue weighted by Gasteiger charge is -2.31. The third-order valence-electron chi connectivity index (χ3n) is 4.59. The van der Waals surface area contributed by atoms with E-state index in [4.69, 9.17) is 0 Å². The highest BCUT2D eigenvalue weighted by Crippen LogP contribution is 2.12. The molecule has 138 valence electrons. The normalized spacial score (nSPS) is 15.6. The first-order valence-corrected chi connectivity index (χ1v) is 8.88. The number of likely N-dealkylation sites (tertiary alicyclic amines) is 1. The maximum absolute atomic E-state index is 12.2. The Bertz CT molecular complexity index is 760. The number of carbonyl (C=O) groups is 2. The second-order valence-electron chi connectivity index (χ2n) is 6.84. The molecule has 0 aliphatic carbocycles. The van der Waals surface area contributed by atoms with Crippen LogP contribution in [-0.2, 0) is 11.8 Å². The second kappa shape index (κ2) is 8.14. The summed E-state index contributed by atoms with van der Waals surface area (Å²) in [5.41, 5.74) is 2.56. The van der Waals surface area contributed by atoms with Gasteiger partial charge in [0.05, 0.1) is 18.3 Å². The lowest BCUT2D eigenvalue weighted by atomic mass is 10.0. The van der Waals surface area contributed by atoms with Gasteiger partial charge in [-0.3, -0.25) is 19.2 Å². The average molecular weight is 355 g/mol. The van der Waals surface area contributed by atoms with Crippen LogP contribution in [0, 0.1) is 6.92 Å². The summed E-state index contributed by atoms with van der Waals surface area (Å²) in [6.45, 7) is 3.97. The minimum Gasteiger partial charge on any atom is -0.349 e. The molecular formula is C19H25N5O2. The Hall–Kier alpha value is -2.67. The highest BCUT2D eigenvalue weighted by atomic mass is 16.2. The van der Waals surface area contributed by atoms with Crippen LogP contribution in [0.1, 0.15) is 28.8 Å². The Balaban J connectivity index is 1.41. The van der Waals surface area contributed by atoms with Crippen molar-refractivity contribution in [2.45, 2.75) is 25.8 Å². The summed E-state index contributed by atoms with van der Waals surface area (Å²) in [6, 6.07) is 7.91. The number of hydrogen-bond acceptors (Lipinski definition) is 4. The number of nitrogens with zero attached hydrogens (tertiary/aromatic N) is 3. The fourth-order valence-corrected chi connectivity index (χ4v) is 3.08. The largest absolute Gasteiger partial charge is 0.349 e. The van der Waals surface area contributed by atoms with Gasteiger partial charge in [-0.1, -0.05) is 17.7 Å². The zero-order valence-corrected chi connectivity index (χ0v) is 15.2. The molecule has 1 aliphatic heterocycles. The Kier molecular flexibility index (Phi) is 5.68. The van der Waals surface area contributed by atoms with Gasteiger partial charge >= 0.3 is 0 Å². The topological polar surface area (TPSA) is 79.3 Å². The first kappa shape index (κ1) is 18.1. The third kappa shape index (κ3) is 4.92. The molecule has 7 heteroatoms. The molecule has 0 bridgehead atoms. The Labute approximate surface area is 153 Å². The number of amides is 2. The Morgan fingerprint density at radius 3 is 2.50 bits per heavy atom. The summed E-state index contributed by atoms with van der Waals surface area (Å²) in [7, 11) is 1.79. The smallest absolute Gasteiger partial charge is 0.254 e. The van der Waals surface area contributed by atoms with Crippen molar-refractivity contribution in [1.29, 1.82) is 0 Å². The highest BCUT2D eigenvalue weighted by molar-refractivity contribution is 5.94. The lowest BCUT2D eigenvalue weighted by molar-refractivity contribution is -0.117. The molecule has 1 saturated heterocycles. The number of piperidine rings is 1. The highest BCUT2D eigenvalue weighted by Gasteiger charge is 2.22. The molecule has 2 N–H and O–H groups in total. The monoisotopic (exact) mass is 355 g/mol. The van der Waals surface area contributed by atoms with Crippen molar-refractivity contribution in [1.82, 2.24) is 20.0 Å². The molecule has 7 nitrogen and oxygen atoms in total. The van der Waals surface area contributed by atoms with E-state index in [1.54, 1.807) is 24.1 Å². The summed E-state index contributed by atoms with van der Waals surface area (Å²) in [5.74, 6) is -0.0969. The number of benzene rings is 1. The molecule has 0 atom stereocenters. The standard InChI is InChI=1S/C19H25N5O2/c1-14-3-5-16(6-4-14)21-18(25)13-24-9-7-17(8-10-24)22-19(26)15-11-20-23(2)12-15/h3-6,11-12,17H,7-10,13H2,1-2H3,(H,21,25)(H,22,26). The second-order valence-corrected chi connectivity index (χ2v) is 6.84. The molecule has 2 heterocycles. The number of rotatable bonds is 5. The molecule has 0 saturated carbocycles. The first-order chi connectivity index (χ1) is 12.5. The number of carbonyl (C=O) groups excluding carboxylic acids is 2. The maximum Gasteiger partial charge on any atom is 0.254 e. The summed E-state index contributed by atoms with van der Waals surface area (Å²) < 4.78 is 1.62. The van der Waals surface area contributed by atoms with E-state index in [9.17, 15) is 9.59 Å². The SMILES string of the molecule is Cc1ccc(NC(=O)CN2CCC(NC(=O)c3cnn(C)c3)CC2)cc1.